The zero-order valence-electron chi connectivity index (χ0n) is 12.7. The molecule has 2 rings (SSSR count). The summed E-state index contributed by atoms with van der Waals surface area (Å²) in [6.45, 7) is 5.93. The molecule has 0 aliphatic heterocycles. The minimum absolute atomic E-state index is 0.154. The Balaban J connectivity index is 2.02. The van der Waals surface area contributed by atoms with Gasteiger partial charge >= 0.3 is 0 Å². The number of anilines is 2. The highest BCUT2D eigenvalue weighted by Crippen LogP contribution is 2.09. The third-order valence-corrected chi connectivity index (χ3v) is 2.88. The van der Waals surface area contributed by atoms with Crippen molar-refractivity contribution in [3.05, 3.63) is 41.3 Å². The molecule has 0 atom stereocenters. The van der Waals surface area contributed by atoms with Gasteiger partial charge in [0.05, 0.1) is 6.54 Å². The first-order valence-electron chi connectivity index (χ1n) is 6.70. The third-order valence-electron chi connectivity index (χ3n) is 2.88. The van der Waals surface area contributed by atoms with Gasteiger partial charge < -0.3 is 10.2 Å². The van der Waals surface area contributed by atoms with Gasteiger partial charge in [0.15, 0.2) is 0 Å². The Morgan fingerprint density at radius 1 is 1.19 bits per heavy atom. The fourth-order valence-corrected chi connectivity index (χ4v) is 1.95. The van der Waals surface area contributed by atoms with Crippen LogP contribution in [0.15, 0.2) is 24.4 Å². The predicted molar refractivity (Wildman–Crippen MR) is 82.4 cm³/mol. The number of hydrogen-bond donors (Lipinski definition) is 1. The molecule has 0 aliphatic carbocycles. The minimum Gasteiger partial charge on any atom is -0.335 e. The van der Waals surface area contributed by atoms with Crippen LogP contribution in [0.5, 0.6) is 0 Å². The number of hydrogen-bond acceptors (Lipinski definition) is 5. The van der Waals surface area contributed by atoms with E-state index in [9.17, 15) is 4.79 Å². The number of aryl methyl sites for hydroxylation is 3. The summed E-state index contributed by atoms with van der Waals surface area (Å²) in [7, 11) is 1.79. The molecule has 1 N–H and O–H groups in total. The van der Waals surface area contributed by atoms with E-state index in [1.54, 1.807) is 18.1 Å². The molecule has 1 amide bonds. The molecule has 2 aromatic rings. The van der Waals surface area contributed by atoms with Crippen molar-refractivity contribution in [2.45, 2.75) is 20.8 Å². The van der Waals surface area contributed by atoms with E-state index in [0.717, 1.165) is 17.0 Å². The zero-order chi connectivity index (χ0) is 15.4. The van der Waals surface area contributed by atoms with E-state index in [1.165, 1.54) is 0 Å². The fourth-order valence-electron chi connectivity index (χ4n) is 1.95. The van der Waals surface area contributed by atoms with Crippen LogP contribution >= 0.6 is 0 Å². The highest BCUT2D eigenvalue weighted by Gasteiger charge is 2.11. The van der Waals surface area contributed by atoms with Gasteiger partial charge in [0.25, 0.3) is 0 Å². The lowest BCUT2D eigenvalue weighted by Crippen LogP contribution is -2.31. The quantitative estimate of drug-likeness (QED) is 0.928. The van der Waals surface area contributed by atoms with Crippen molar-refractivity contribution in [3.8, 4) is 0 Å². The second kappa shape index (κ2) is 6.30. The second-order valence-corrected chi connectivity index (χ2v) is 5.07. The molecule has 0 radical (unpaired) electrons. The lowest BCUT2D eigenvalue weighted by Gasteiger charge is -2.17. The number of aromatic nitrogens is 3. The van der Waals surface area contributed by atoms with Crippen LogP contribution < -0.4 is 10.2 Å². The summed E-state index contributed by atoms with van der Waals surface area (Å²) in [6, 6.07) is 5.60. The van der Waals surface area contributed by atoms with Gasteiger partial charge in [-0.1, -0.05) is 0 Å². The predicted octanol–water partition coefficient (Wildman–Crippen LogP) is 1.87. The van der Waals surface area contributed by atoms with Crippen molar-refractivity contribution in [1.82, 2.24) is 15.0 Å². The van der Waals surface area contributed by atoms with E-state index in [0.29, 0.717) is 11.8 Å². The number of amides is 1. The lowest BCUT2D eigenvalue weighted by molar-refractivity contribution is -0.115. The summed E-state index contributed by atoms with van der Waals surface area (Å²) >= 11 is 0. The molecule has 2 aromatic heterocycles. The summed E-state index contributed by atoms with van der Waals surface area (Å²) in [6.07, 6.45) is 1.67. The maximum Gasteiger partial charge on any atom is 0.245 e. The standard InChI is InChI=1S/C15H19N5O/c1-10-5-6-16-13(7-10)19-14(21)9-20(4)15-17-11(2)8-12(3)18-15/h5-8H,9H2,1-4H3,(H,16,19,21). The largest absolute Gasteiger partial charge is 0.335 e. The van der Waals surface area contributed by atoms with Gasteiger partial charge in [0.2, 0.25) is 11.9 Å². The number of nitrogens with one attached hydrogen (secondary N) is 1. The van der Waals surface area contributed by atoms with Crippen molar-refractivity contribution in [2.75, 3.05) is 23.8 Å². The first kappa shape index (κ1) is 14.9. The maximum atomic E-state index is 12.0. The third kappa shape index (κ3) is 4.24. The average Bonchev–Trinajstić information content (AvgIpc) is 2.37. The Morgan fingerprint density at radius 3 is 2.48 bits per heavy atom. The number of likely N-dealkylation sites (N-methyl/N-ethyl adjacent to an activating group) is 1. The van der Waals surface area contributed by atoms with Crippen LogP contribution in [0.4, 0.5) is 11.8 Å². The molecule has 0 saturated carbocycles. The molecule has 0 aliphatic rings. The number of pyridine rings is 1. The second-order valence-electron chi connectivity index (χ2n) is 5.07. The van der Waals surface area contributed by atoms with E-state index >= 15 is 0 Å². The van der Waals surface area contributed by atoms with E-state index in [1.807, 2.05) is 39.0 Å². The summed E-state index contributed by atoms with van der Waals surface area (Å²) < 4.78 is 0. The van der Waals surface area contributed by atoms with Crippen molar-refractivity contribution in [2.24, 2.45) is 0 Å². The molecule has 0 saturated heterocycles. The molecule has 6 heteroatoms. The summed E-state index contributed by atoms with van der Waals surface area (Å²) in [4.78, 5) is 26.5. The summed E-state index contributed by atoms with van der Waals surface area (Å²) in [5.41, 5.74) is 2.81. The molecule has 2 heterocycles. The first-order valence-corrected chi connectivity index (χ1v) is 6.70. The number of rotatable bonds is 4. The van der Waals surface area contributed by atoms with E-state index in [2.05, 4.69) is 20.3 Å². The van der Waals surface area contributed by atoms with Crippen molar-refractivity contribution >= 4 is 17.7 Å². The van der Waals surface area contributed by atoms with Crippen LogP contribution in [0.3, 0.4) is 0 Å². The Kier molecular flexibility index (Phi) is 4.47. The van der Waals surface area contributed by atoms with Gasteiger partial charge in [-0.25, -0.2) is 15.0 Å². The van der Waals surface area contributed by atoms with Gasteiger partial charge in [0, 0.05) is 24.6 Å². The molecular formula is C15H19N5O. The van der Waals surface area contributed by atoms with Crippen molar-refractivity contribution in [1.29, 1.82) is 0 Å². The number of nitrogens with zero attached hydrogens (tertiary/aromatic N) is 4. The van der Waals surface area contributed by atoms with Crippen LogP contribution in [-0.2, 0) is 4.79 Å². The maximum absolute atomic E-state index is 12.0. The smallest absolute Gasteiger partial charge is 0.245 e. The van der Waals surface area contributed by atoms with E-state index in [-0.39, 0.29) is 12.5 Å². The summed E-state index contributed by atoms with van der Waals surface area (Å²) in [5.74, 6) is 0.938. The van der Waals surface area contributed by atoms with Crippen LogP contribution in [0.1, 0.15) is 17.0 Å². The number of carbonyl (C=O) groups excluding carboxylic acids is 1. The zero-order valence-corrected chi connectivity index (χ0v) is 12.7. The molecule has 0 unspecified atom stereocenters. The van der Waals surface area contributed by atoms with Gasteiger partial charge in [-0.3, -0.25) is 4.79 Å². The molecule has 21 heavy (non-hydrogen) atoms. The van der Waals surface area contributed by atoms with E-state index in [4.69, 9.17) is 0 Å². The van der Waals surface area contributed by atoms with Crippen LogP contribution in [0.2, 0.25) is 0 Å². The normalized spacial score (nSPS) is 10.3. The molecule has 0 bridgehead atoms. The van der Waals surface area contributed by atoms with E-state index < -0.39 is 0 Å². The Morgan fingerprint density at radius 2 is 1.86 bits per heavy atom. The van der Waals surface area contributed by atoms with Crippen LogP contribution in [0, 0.1) is 20.8 Å². The Hall–Kier alpha value is -2.50. The highest BCUT2D eigenvalue weighted by atomic mass is 16.2. The molecular weight excluding hydrogens is 266 g/mol. The average molecular weight is 285 g/mol. The Bertz CT molecular complexity index is 636. The Labute approximate surface area is 124 Å². The molecule has 6 nitrogen and oxygen atoms in total. The molecule has 0 aromatic carbocycles. The topological polar surface area (TPSA) is 71.0 Å². The number of carbonyl (C=O) groups is 1. The fraction of sp³-hybridized carbons (Fsp3) is 0.333. The molecule has 0 fully saturated rings. The van der Waals surface area contributed by atoms with Gasteiger partial charge in [0.1, 0.15) is 5.82 Å². The molecule has 110 valence electrons. The summed E-state index contributed by atoms with van der Waals surface area (Å²) in [5, 5.41) is 2.77. The van der Waals surface area contributed by atoms with Crippen molar-refractivity contribution in [3.63, 3.8) is 0 Å². The monoisotopic (exact) mass is 285 g/mol. The highest BCUT2D eigenvalue weighted by molar-refractivity contribution is 5.93. The lowest BCUT2D eigenvalue weighted by atomic mass is 10.3. The van der Waals surface area contributed by atoms with Gasteiger partial charge in [-0.05, 0) is 44.5 Å². The minimum atomic E-state index is -0.154. The van der Waals surface area contributed by atoms with Crippen molar-refractivity contribution < 1.29 is 4.79 Å². The first-order chi connectivity index (χ1) is 9.94. The molecule has 0 spiro atoms. The van der Waals surface area contributed by atoms with Crippen LogP contribution in [0.25, 0.3) is 0 Å². The van der Waals surface area contributed by atoms with Gasteiger partial charge in [-0.15, -0.1) is 0 Å². The van der Waals surface area contributed by atoms with Gasteiger partial charge in [-0.2, -0.15) is 0 Å². The van der Waals surface area contributed by atoms with Crippen LogP contribution in [-0.4, -0.2) is 34.5 Å². The SMILES string of the molecule is Cc1ccnc(NC(=O)CN(C)c2nc(C)cc(C)n2)c1.